The second-order valence-electron chi connectivity index (χ2n) is 5.39. The van der Waals surface area contributed by atoms with Crippen LogP contribution in [0.25, 0.3) is 0 Å². The molecule has 0 aromatic heterocycles. The van der Waals surface area contributed by atoms with E-state index in [4.69, 9.17) is 14.2 Å². The van der Waals surface area contributed by atoms with E-state index in [0.29, 0.717) is 11.3 Å². The van der Waals surface area contributed by atoms with Crippen LogP contribution in [0.15, 0.2) is 42.5 Å². The summed E-state index contributed by atoms with van der Waals surface area (Å²) in [5.74, 6) is -0.872. The van der Waals surface area contributed by atoms with Gasteiger partial charge in [0.2, 0.25) is 0 Å². The largest absolute Gasteiger partial charge is 0.496 e. The van der Waals surface area contributed by atoms with Crippen molar-refractivity contribution >= 4 is 11.9 Å². The van der Waals surface area contributed by atoms with Crippen LogP contribution in [-0.2, 0) is 27.3 Å². The molecule has 0 unspecified atom stereocenters. The van der Waals surface area contributed by atoms with Crippen molar-refractivity contribution in [2.24, 2.45) is 0 Å². The summed E-state index contributed by atoms with van der Waals surface area (Å²) < 4.78 is 28.5. The number of carbonyl (C=O) groups excluding carboxylic acids is 2. The molecule has 0 aliphatic heterocycles. The Balaban J connectivity index is 1.78. The topological polar surface area (TPSA) is 73.9 Å². The summed E-state index contributed by atoms with van der Waals surface area (Å²) in [6, 6.07) is 11.5. The van der Waals surface area contributed by atoms with Crippen molar-refractivity contribution in [1.29, 1.82) is 0 Å². The van der Waals surface area contributed by atoms with Crippen LogP contribution < -0.4 is 14.8 Å². The number of esters is 1. The molecule has 2 aromatic rings. The third-order valence-electron chi connectivity index (χ3n) is 3.60. The molecule has 0 spiro atoms. The highest BCUT2D eigenvalue weighted by molar-refractivity contribution is 5.81. The van der Waals surface area contributed by atoms with Crippen molar-refractivity contribution in [3.8, 4) is 11.5 Å². The zero-order valence-electron chi connectivity index (χ0n) is 14.6. The number of benzene rings is 2. The first-order valence-corrected chi connectivity index (χ1v) is 7.90. The number of para-hydroxylation sites is 1. The Hall–Kier alpha value is -3.09. The highest BCUT2D eigenvalue weighted by atomic mass is 19.1. The van der Waals surface area contributed by atoms with E-state index in [-0.39, 0.29) is 18.7 Å². The molecular weight excluding hydrogens is 341 g/mol. The van der Waals surface area contributed by atoms with E-state index >= 15 is 0 Å². The maximum absolute atomic E-state index is 13.6. The van der Waals surface area contributed by atoms with Gasteiger partial charge in [0.25, 0.3) is 5.91 Å². The lowest BCUT2D eigenvalue weighted by molar-refractivity contribution is -0.147. The minimum Gasteiger partial charge on any atom is -0.496 e. The summed E-state index contributed by atoms with van der Waals surface area (Å²) in [6.45, 7) is -0.156. The van der Waals surface area contributed by atoms with Gasteiger partial charge < -0.3 is 19.5 Å². The summed E-state index contributed by atoms with van der Waals surface area (Å²) in [4.78, 5) is 23.6. The molecule has 138 valence electrons. The fourth-order valence-corrected chi connectivity index (χ4v) is 2.28. The van der Waals surface area contributed by atoms with Crippen LogP contribution in [0.3, 0.4) is 0 Å². The first-order valence-electron chi connectivity index (χ1n) is 7.90. The number of hydrogen-bond donors (Lipinski definition) is 1. The molecule has 1 amide bonds. The fourth-order valence-electron chi connectivity index (χ4n) is 2.28. The van der Waals surface area contributed by atoms with Gasteiger partial charge in [-0.05, 0) is 23.8 Å². The predicted molar refractivity (Wildman–Crippen MR) is 92.5 cm³/mol. The van der Waals surface area contributed by atoms with Crippen molar-refractivity contribution in [3.63, 3.8) is 0 Å². The van der Waals surface area contributed by atoms with Gasteiger partial charge in [0.15, 0.2) is 18.2 Å². The monoisotopic (exact) mass is 361 g/mol. The highest BCUT2D eigenvalue weighted by Crippen LogP contribution is 2.18. The molecule has 2 aromatic carbocycles. The first-order chi connectivity index (χ1) is 12.5. The normalized spacial score (nSPS) is 10.1. The molecule has 0 saturated carbocycles. The van der Waals surface area contributed by atoms with Crippen LogP contribution in [0.4, 0.5) is 4.39 Å². The maximum Gasteiger partial charge on any atom is 0.310 e. The van der Waals surface area contributed by atoms with Gasteiger partial charge in [-0.1, -0.05) is 24.3 Å². The number of nitrogens with one attached hydrogen (secondary N) is 1. The third kappa shape index (κ3) is 5.47. The molecule has 0 heterocycles. The van der Waals surface area contributed by atoms with Crippen molar-refractivity contribution in [2.45, 2.75) is 13.0 Å². The van der Waals surface area contributed by atoms with Crippen molar-refractivity contribution in [1.82, 2.24) is 5.32 Å². The number of rotatable bonds is 8. The number of carbonyl (C=O) groups is 2. The lowest BCUT2D eigenvalue weighted by Crippen LogP contribution is -2.28. The van der Waals surface area contributed by atoms with Gasteiger partial charge in [-0.2, -0.15) is 0 Å². The minimum absolute atomic E-state index is 0.0952. The molecule has 7 heteroatoms. The summed E-state index contributed by atoms with van der Waals surface area (Å²) in [7, 11) is 2.90. The lowest BCUT2D eigenvalue weighted by Gasteiger charge is -2.10. The molecule has 0 bridgehead atoms. The third-order valence-corrected chi connectivity index (χ3v) is 3.60. The minimum atomic E-state index is -0.623. The van der Waals surface area contributed by atoms with Crippen molar-refractivity contribution in [3.05, 3.63) is 59.4 Å². The maximum atomic E-state index is 13.6. The number of methoxy groups -OCH3 is 2. The molecule has 0 saturated heterocycles. The summed E-state index contributed by atoms with van der Waals surface area (Å²) in [5.41, 5.74) is 1.24. The molecule has 6 nitrogen and oxygen atoms in total. The number of ether oxygens (including phenoxy) is 3. The molecule has 26 heavy (non-hydrogen) atoms. The average Bonchev–Trinajstić information content (AvgIpc) is 2.65. The van der Waals surface area contributed by atoms with E-state index in [1.54, 1.807) is 19.2 Å². The molecule has 2 rings (SSSR count). The molecule has 0 aliphatic carbocycles. The zero-order chi connectivity index (χ0) is 18.9. The van der Waals surface area contributed by atoms with Crippen LogP contribution in [-0.4, -0.2) is 32.7 Å². The molecule has 1 N–H and O–H groups in total. The van der Waals surface area contributed by atoms with Gasteiger partial charge in [0.05, 0.1) is 20.6 Å². The van der Waals surface area contributed by atoms with Crippen LogP contribution in [0.1, 0.15) is 11.1 Å². The van der Waals surface area contributed by atoms with E-state index in [9.17, 15) is 14.0 Å². The number of amides is 1. The Kier molecular flexibility index (Phi) is 6.96. The number of hydrogen-bond acceptors (Lipinski definition) is 5. The Morgan fingerprint density at radius 3 is 2.46 bits per heavy atom. The van der Waals surface area contributed by atoms with Gasteiger partial charge in [0.1, 0.15) is 5.75 Å². The Bertz CT molecular complexity index is 778. The first kappa shape index (κ1) is 19.2. The quantitative estimate of drug-likeness (QED) is 0.730. The predicted octanol–water partition coefficient (Wildman–Crippen LogP) is 2.25. The van der Waals surface area contributed by atoms with Crippen molar-refractivity contribution in [2.75, 3.05) is 20.8 Å². The second-order valence-corrected chi connectivity index (χ2v) is 5.39. The van der Waals surface area contributed by atoms with E-state index in [1.807, 2.05) is 18.2 Å². The summed E-state index contributed by atoms with van der Waals surface area (Å²) in [6.07, 6.45) is -0.138. The molecular formula is C19H20FNO5. The standard InChI is InChI=1S/C19H20FNO5/c1-24-16-6-4-3-5-14(16)11-21-18(22)12-26-19(23)10-13-7-8-17(25-2)15(20)9-13/h3-9H,10-12H2,1-2H3,(H,21,22). The SMILES string of the molecule is COc1ccc(CC(=O)OCC(=O)NCc2ccccc2OC)cc1F. The Morgan fingerprint density at radius 2 is 1.77 bits per heavy atom. The molecule has 0 atom stereocenters. The van der Waals surface area contributed by atoms with Crippen LogP contribution in [0.2, 0.25) is 0 Å². The van der Waals surface area contributed by atoms with Gasteiger partial charge in [0, 0.05) is 12.1 Å². The molecule has 0 fully saturated rings. The molecule has 0 radical (unpaired) electrons. The van der Waals surface area contributed by atoms with E-state index in [0.717, 1.165) is 5.56 Å². The van der Waals surface area contributed by atoms with E-state index in [1.165, 1.54) is 19.2 Å². The average molecular weight is 361 g/mol. The van der Waals surface area contributed by atoms with Crippen molar-refractivity contribution < 1.29 is 28.2 Å². The van der Waals surface area contributed by atoms with Crippen LogP contribution in [0, 0.1) is 5.82 Å². The second kappa shape index (κ2) is 9.41. The van der Waals surface area contributed by atoms with E-state index < -0.39 is 24.3 Å². The Morgan fingerprint density at radius 1 is 1.04 bits per heavy atom. The molecule has 0 aliphatic rings. The van der Waals surface area contributed by atoms with E-state index in [2.05, 4.69) is 5.32 Å². The smallest absolute Gasteiger partial charge is 0.310 e. The van der Waals surface area contributed by atoms with Crippen LogP contribution in [0.5, 0.6) is 11.5 Å². The highest BCUT2D eigenvalue weighted by Gasteiger charge is 2.11. The summed E-state index contributed by atoms with van der Waals surface area (Å²) in [5, 5.41) is 2.64. The Labute approximate surface area is 150 Å². The lowest BCUT2D eigenvalue weighted by atomic mass is 10.1. The van der Waals surface area contributed by atoms with Gasteiger partial charge in [-0.3, -0.25) is 9.59 Å². The zero-order valence-corrected chi connectivity index (χ0v) is 14.6. The summed E-state index contributed by atoms with van der Waals surface area (Å²) >= 11 is 0. The fraction of sp³-hybridized carbons (Fsp3) is 0.263. The van der Waals surface area contributed by atoms with Gasteiger partial charge in [-0.25, -0.2) is 4.39 Å². The van der Waals surface area contributed by atoms with Gasteiger partial charge in [-0.15, -0.1) is 0 Å². The van der Waals surface area contributed by atoms with Crippen LogP contribution >= 0.6 is 0 Å². The number of halogens is 1. The van der Waals surface area contributed by atoms with Gasteiger partial charge >= 0.3 is 5.97 Å².